The number of methoxy groups -OCH3 is 2. The Bertz CT molecular complexity index is 593. The number of amides is 2. The van der Waals surface area contributed by atoms with Crippen LogP contribution >= 0.6 is 11.6 Å². The number of aliphatic carboxylic acids is 1. The molecule has 1 heterocycles. The minimum absolute atomic E-state index is 0.188. The number of rotatable bonds is 4. The van der Waals surface area contributed by atoms with Gasteiger partial charge in [-0.3, -0.25) is 4.79 Å². The largest absolute Gasteiger partial charge is 0.495 e. The van der Waals surface area contributed by atoms with Crippen molar-refractivity contribution in [3.8, 4) is 11.5 Å². The molecular weight excluding hydrogens is 312 g/mol. The highest BCUT2D eigenvalue weighted by Crippen LogP contribution is 2.36. The van der Waals surface area contributed by atoms with E-state index >= 15 is 0 Å². The molecule has 2 amide bonds. The SMILES string of the molecule is COc1cc(OC)c(NC(=O)N2CCC(C(=O)O)C2)cc1Cl. The Balaban J connectivity index is 2.12. The zero-order chi connectivity index (χ0) is 16.3. The highest BCUT2D eigenvalue weighted by Gasteiger charge is 2.31. The Morgan fingerprint density at radius 2 is 2.00 bits per heavy atom. The lowest BCUT2D eigenvalue weighted by Crippen LogP contribution is -2.33. The monoisotopic (exact) mass is 328 g/mol. The lowest BCUT2D eigenvalue weighted by molar-refractivity contribution is -0.141. The molecule has 1 unspecified atom stereocenters. The van der Waals surface area contributed by atoms with Crippen molar-refractivity contribution in [3.05, 3.63) is 17.2 Å². The molecule has 0 bridgehead atoms. The zero-order valence-corrected chi connectivity index (χ0v) is 13.0. The number of halogens is 1. The van der Waals surface area contributed by atoms with Crippen LogP contribution in [0.3, 0.4) is 0 Å². The first kappa shape index (κ1) is 16.2. The molecule has 0 aliphatic carbocycles. The number of hydrogen-bond donors (Lipinski definition) is 2. The van der Waals surface area contributed by atoms with Gasteiger partial charge in [-0.05, 0) is 12.5 Å². The van der Waals surface area contributed by atoms with Crippen molar-refractivity contribution in [2.24, 2.45) is 5.92 Å². The second kappa shape index (κ2) is 6.74. The average Bonchev–Trinajstić information content (AvgIpc) is 2.97. The van der Waals surface area contributed by atoms with Crippen LogP contribution < -0.4 is 14.8 Å². The Kier molecular flexibility index (Phi) is 4.97. The summed E-state index contributed by atoms with van der Waals surface area (Å²) >= 11 is 6.04. The minimum atomic E-state index is -0.889. The first-order chi connectivity index (χ1) is 10.5. The molecule has 1 atom stereocenters. The van der Waals surface area contributed by atoms with Gasteiger partial charge in [0, 0.05) is 19.2 Å². The van der Waals surface area contributed by atoms with Crippen LogP contribution in [-0.4, -0.2) is 49.3 Å². The molecule has 2 rings (SSSR count). The Morgan fingerprint density at radius 3 is 2.55 bits per heavy atom. The summed E-state index contributed by atoms with van der Waals surface area (Å²) in [5.74, 6) is -0.570. The van der Waals surface area contributed by atoms with Crippen molar-refractivity contribution in [2.45, 2.75) is 6.42 Å². The fourth-order valence-corrected chi connectivity index (χ4v) is 2.54. The molecule has 2 N–H and O–H groups in total. The molecule has 120 valence electrons. The molecule has 1 aliphatic heterocycles. The maximum Gasteiger partial charge on any atom is 0.321 e. The van der Waals surface area contributed by atoms with E-state index in [0.717, 1.165) is 0 Å². The van der Waals surface area contributed by atoms with E-state index in [9.17, 15) is 9.59 Å². The predicted octanol–water partition coefficient (Wildman–Crippen LogP) is 2.30. The summed E-state index contributed by atoms with van der Waals surface area (Å²) in [6, 6.07) is 2.72. The summed E-state index contributed by atoms with van der Waals surface area (Å²) < 4.78 is 10.3. The molecule has 1 aromatic rings. The molecule has 1 aliphatic rings. The second-order valence-corrected chi connectivity index (χ2v) is 5.29. The Hall–Kier alpha value is -2.15. The van der Waals surface area contributed by atoms with Gasteiger partial charge in [0.05, 0.1) is 30.8 Å². The van der Waals surface area contributed by atoms with Crippen LogP contribution in [0.1, 0.15) is 6.42 Å². The summed E-state index contributed by atoms with van der Waals surface area (Å²) in [4.78, 5) is 24.6. The van der Waals surface area contributed by atoms with Crippen LogP contribution in [0.5, 0.6) is 11.5 Å². The topological polar surface area (TPSA) is 88.1 Å². The third kappa shape index (κ3) is 3.36. The molecular formula is C14H17ClN2O5. The molecule has 8 heteroatoms. The number of likely N-dealkylation sites (tertiary alicyclic amines) is 1. The first-order valence-corrected chi connectivity index (χ1v) is 7.04. The van der Waals surface area contributed by atoms with Gasteiger partial charge in [0.25, 0.3) is 0 Å². The van der Waals surface area contributed by atoms with Gasteiger partial charge in [0.1, 0.15) is 11.5 Å². The van der Waals surface area contributed by atoms with E-state index in [4.69, 9.17) is 26.2 Å². The number of nitrogens with zero attached hydrogens (tertiary/aromatic N) is 1. The van der Waals surface area contributed by atoms with E-state index < -0.39 is 11.9 Å². The molecule has 0 saturated carbocycles. The van der Waals surface area contributed by atoms with E-state index in [1.807, 2.05) is 0 Å². The van der Waals surface area contributed by atoms with Crippen molar-refractivity contribution in [2.75, 3.05) is 32.6 Å². The summed E-state index contributed by atoms with van der Waals surface area (Å²) in [5, 5.41) is 12.0. The van der Waals surface area contributed by atoms with Crippen molar-refractivity contribution in [1.82, 2.24) is 4.90 Å². The third-order valence-corrected chi connectivity index (χ3v) is 3.84. The van der Waals surface area contributed by atoms with Gasteiger partial charge >= 0.3 is 12.0 Å². The van der Waals surface area contributed by atoms with E-state index in [2.05, 4.69) is 5.32 Å². The number of carboxylic acids is 1. The quantitative estimate of drug-likeness (QED) is 0.885. The second-order valence-electron chi connectivity index (χ2n) is 4.89. The highest BCUT2D eigenvalue weighted by atomic mass is 35.5. The van der Waals surface area contributed by atoms with Crippen molar-refractivity contribution in [1.29, 1.82) is 0 Å². The van der Waals surface area contributed by atoms with Crippen LogP contribution in [0.2, 0.25) is 5.02 Å². The summed E-state index contributed by atoms with van der Waals surface area (Å²) in [5.41, 5.74) is 0.400. The zero-order valence-electron chi connectivity index (χ0n) is 12.3. The molecule has 7 nitrogen and oxygen atoms in total. The van der Waals surface area contributed by atoms with Gasteiger partial charge in [0.15, 0.2) is 0 Å². The Labute approximate surface area is 132 Å². The number of benzene rings is 1. The maximum atomic E-state index is 12.2. The normalized spacial score (nSPS) is 17.2. The van der Waals surface area contributed by atoms with Gasteiger partial charge in [-0.25, -0.2) is 4.79 Å². The Morgan fingerprint density at radius 1 is 1.32 bits per heavy atom. The molecule has 22 heavy (non-hydrogen) atoms. The minimum Gasteiger partial charge on any atom is -0.495 e. The predicted molar refractivity (Wildman–Crippen MR) is 80.9 cm³/mol. The van der Waals surface area contributed by atoms with Gasteiger partial charge in [-0.2, -0.15) is 0 Å². The van der Waals surface area contributed by atoms with E-state index in [1.165, 1.54) is 25.2 Å². The molecule has 1 fully saturated rings. The number of carbonyl (C=O) groups excluding carboxylic acids is 1. The van der Waals surface area contributed by atoms with Crippen LogP contribution in [0.25, 0.3) is 0 Å². The van der Waals surface area contributed by atoms with Crippen molar-refractivity contribution >= 4 is 29.3 Å². The van der Waals surface area contributed by atoms with Crippen LogP contribution in [0, 0.1) is 5.92 Å². The summed E-state index contributed by atoms with van der Waals surface area (Å²) in [7, 11) is 2.95. The van der Waals surface area contributed by atoms with Gasteiger partial charge in [0.2, 0.25) is 0 Å². The maximum absolute atomic E-state index is 12.2. The lowest BCUT2D eigenvalue weighted by Gasteiger charge is -2.18. The summed E-state index contributed by atoms with van der Waals surface area (Å²) in [6.07, 6.45) is 0.448. The molecule has 0 aromatic heterocycles. The molecule has 0 radical (unpaired) electrons. The van der Waals surface area contributed by atoms with E-state index in [1.54, 1.807) is 6.07 Å². The standard InChI is InChI=1S/C14H17ClN2O5/c1-21-11-6-12(22-2)10(5-9(11)15)16-14(20)17-4-3-8(7-17)13(18)19/h5-6,8H,3-4,7H2,1-2H3,(H,16,20)(H,18,19). The summed E-state index contributed by atoms with van der Waals surface area (Å²) in [6.45, 7) is 0.586. The fourth-order valence-electron chi connectivity index (χ4n) is 2.30. The van der Waals surface area contributed by atoms with E-state index in [-0.39, 0.29) is 12.6 Å². The van der Waals surface area contributed by atoms with Crippen LogP contribution in [-0.2, 0) is 4.79 Å². The number of nitrogens with one attached hydrogen (secondary N) is 1. The molecule has 1 saturated heterocycles. The first-order valence-electron chi connectivity index (χ1n) is 6.66. The number of urea groups is 1. The van der Waals surface area contributed by atoms with Crippen molar-refractivity contribution < 1.29 is 24.2 Å². The number of hydrogen-bond acceptors (Lipinski definition) is 4. The fraction of sp³-hybridized carbons (Fsp3) is 0.429. The molecule has 1 aromatic carbocycles. The highest BCUT2D eigenvalue weighted by molar-refractivity contribution is 6.32. The number of ether oxygens (including phenoxy) is 2. The smallest absolute Gasteiger partial charge is 0.321 e. The number of carbonyl (C=O) groups is 2. The lowest BCUT2D eigenvalue weighted by atomic mass is 10.1. The molecule has 0 spiro atoms. The van der Waals surface area contributed by atoms with Gasteiger partial charge in [-0.1, -0.05) is 11.6 Å². The third-order valence-electron chi connectivity index (χ3n) is 3.54. The van der Waals surface area contributed by atoms with Crippen LogP contribution in [0.15, 0.2) is 12.1 Å². The van der Waals surface area contributed by atoms with Gasteiger partial charge in [-0.15, -0.1) is 0 Å². The van der Waals surface area contributed by atoms with Crippen LogP contribution in [0.4, 0.5) is 10.5 Å². The number of anilines is 1. The average molecular weight is 329 g/mol. The van der Waals surface area contributed by atoms with Gasteiger partial charge < -0.3 is 24.8 Å². The number of carboxylic acid groups (broad SMARTS) is 1. The van der Waals surface area contributed by atoms with Crippen molar-refractivity contribution in [3.63, 3.8) is 0 Å². The van der Waals surface area contributed by atoms with E-state index in [0.29, 0.717) is 35.2 Å².